The fourth-order valence-electron chi connectivity index (χ4n) is 3.09. The second-order valence-electron chi connectivity index (χ2n) is 7.17. The molecule has 1 fully saturated rings. The zero-order chi connectivity index (χ0) is 22.4. The number of aliphatic hydroxyl groups is 4. The number of benzene rings is 1. The second kappa shape index (κ2) is 10.8. The molecule has 170 valence electrons. The van der Waals surface area contributed by atoms with Crippen LogP contribution in [0.1, 0.15) is 35.8 Å². The van der Waals surface area contributed by atoms with E-state index >= 15 is 0 Å². The number of rotatable bonds is 9. The summed E-state index contributed by atoms with van der Waals surface area (Å²) in [6, 6.07) is 6.81. The quantitative estimate of drug-likeness (QED) is 0.299. The van der Waals surface area contributed by atoms with E-state index in [9.17, 15) is 25.2 Å². The first kappa shape index (κ1) is 23.3. The maximum absolute atomic E-state index is 12.4. The molecule has 4 N–H and O–H groups in total. The molecule has 0 aliphatic carbocycles. The van der Waals surface area contributed by atoms with Gasteiger partial charge in [-0.05, 0) is 18.6 Å². The van der Waals surface area contributed by atoms with Gasteiger partial charge in [-0.15, -0.1) is 5.10 Å². The highest BCUT2D eigenvalue weighted by molar-refractivity contribution is 5.93. The summed E-state index contributed by atoms with van der Waals surface area (Å²) in [6.07, 6.45) is -3.61. The van der Waals surface area contributed by atoms with Crippen LogP contribution in [0.4, 0.5) is 0 Å². The molecule has 0 radical (unpaired) electrons. The van der Waals surface area contributed by atoms with Crippen LogP contribution >= 0.6 is 0 Å². The van der Waals surface area contributed by atoms with Crippen molar-refractivity contribution in [3.8, 4) is 5.69 Å². The number of nitrogens with zero attached hydrogens (tertiary/aromatic N) is 3. The zero-order valence-corrected chi connectivity index (χ0v) is 17.1. The van der Waals surface area contributed by atoms with Crippen molar-refractivity contribution in [2.45, 2.75) is 57.1 Å². The molecular weight excluding hydrogens is 410 g/mol. The Morgan fingerprint density at radius 1 is 1.19 bits per heavy atom. The summed E-state index contributed by atoms with van der Waals surface area (Å²) < 4.78 is 17.4. The fourth-order valence-corrected chi connectivity index (χ4v) is 3.09. The van der Waals surface area contributed by atoms with Crippen LogP contribution in [0.5, 0.6) is 0 Å². The van der Waals surface area contributed by atoms with E-state index in [1.807, 2.05) is 6.92 Å². The third kappa shape index (κ3) is 5.45. The normalized spacial score (nSPS) is 26.0. The van der Waals surface area contributed by atoms with Crippen molar-refractivity contribution in [3.63, 3.8) is 0 Å². The molecule has 0 amide bonds. The molecule has 2 aromatic rings. The largest absolute Gasteiger partial charge is 0.462 e. The van der Waals surface area contributed by atoms with Gasteiger partial charge in [0.25, 0.3) is 0 Å². The Hall–Kier alpha value is -2.41. The van der Waals surface area contributed by atoms with Crippen LogP contribution < -0.4 is 0 Å². The topological polar surface area (TPSA) is 156 Å². The molecule has 11 nitrogen and oxygen atoms in total. The predicted octanol–water partition coefficient (Wildman–Crippen LogP) is -0.459. The van der Waals surface area contributed by atoms with Crippen LogP contribution in [0, 0.1) is 0 Å². The first-order valence-electron chi connectivity index (χ1n) is 10.1. The first-order chi connectivity index (χ1) is 15.0. The maximum Gasteiger partial charge on any atom is 0.340 e. The van der Waals surface area contributed by atoms with Crippen molar-refractivity contribution in [1.82, 2.24) is 15.0 Å². The number of para-hydroxylation sites is 1. The average Bonchev–Trinajstić information content (AvgIpc) is 3.26. The van der Waals surface area contributed by atoms with Gasteiger partial charge in [0.2, 0.25) is 0 Å². The molecule has 0 saturated carbocycles. The van der Waals surface area contributed by atoms with Crippen LogP contribution in [0.2, 0.25) is 0 Å². The van der Waals surface area contributed by atoms with E-state index in [1.165, 1.54) is 4.68 Å². The zero-order valence-electron chi connectivity index (χ0n) is 17.1. The van der Waals surface area contributed by atoms with Gasteiger partial charge in [0, 0.05) is 0 Å². The molecule has 1 aliphatic rings. The molecule has 5 atom stereocenters. The minimum atomic E-state index is -1.53. The molecule has 11 heteroatoms. The summed E-state index contributed by atoms with van der Waals surface area (Å²) in [5.74, 6) is -0.460. The summed E-state index contributed by atoms with van der Waals surface area (Å²) in [6.45, 7) is 1.65. The van der Waals surface area contributed by atoms with E-state index < -0.39 is 43.3 Å². The SMILES string of the molecule is CCCCOC(=O)c1ccccc1-n1cc(CO[C@H]2O[C@H](CO)[C@@H](O)[C@H](O)[C@@H]2O)nn1. The van der Waals surface area contributed by atoms with Crippen molar-refractivity contribution in [3.05, 3.63) is 41.7 Å². The van der Waals surface area contributed by atoms with Crippen molar-refractivity contribution in [1.29, 1.82) is 0 Å². The van der Waals surface area contributed by atoms with E-state index in [0.29, 0.717) is 23.6 Å². The third-order valence-corrected chi connectivity index (χ3v) is 4.89. The molecule has 0 spiro atoms. The van der Waals surface area contributed by atoms with Crippen molar-refractivity contribution in [2.24, 2.45) is 0 Å². The Bertz CT molecular complexity index is 858. The predicted molar refractivity (Wildman–Crippen MR) is 105 cm³/mol. The van der Waals surface area contributed by atoms with Crippen molar-refractivity contribution >= 4 is 5.97 Å². The van der Waals surface area contributed by atoms with Gasteiger partial charge in [-0.25, -0.2) is 9.48 Å². The number of aromatic nitrogens is 3. The molecule has 3 rings (SSSR count). The molecule has 0 bridgehead atoms. The van der Waals surface area contributed by atoms with Crippen LogP contribution in [0.15, 0.2) is 30.5 Å². The van der Waals surface area contributed by atoms with Gasteiger partial charge in [-0.3, -0.25) is 0 Å². The Morgan fingerprint density at radius 3 is 2.71 bits per heavy atom. The Morgan fingerprint density at radius 2 is 1.97 bits per heavy atom. The maximum atomic E-state index is 12.4. The highest BCUT2D eigenvalue weighted by Crippen LogP contribution is 2.23. The van der Waals surface area contributed by atoms with Gasteiger partial charge < -0.3 is 34.6 Å². The van der Waals surface area contributed by atoms with Crippen LogP contribution in [0.25, 0.3) is 5.69 Å². The lowest BCUT2D eigenvalue weighted by Crippen LogP contribution is -2.59. The van der Waals surface area contributed by atoms with E-state index in [-0.39, 0.29) is 6.61 Å². The number of carbonyl (C=O) groups is 1. The van der Waals surface area contributed by atoms with Crippen molar-refractivity contribution < 1.29 is 39.4 Å². The molecular formula is C20H27N3O8. The minimum Gasteiger partial charge on any atom is -0.462 e. The lowest BCUT2D eigenvalue weighted by atomic mass is 9.99. The Labute approximate surface area is 178 Å². The van der Waals surface area contributed by atoms with Crippen LogP contribution in [-0.2, 0) is 20.8 Å². The smallest absolute Gasteiger partial charge is 0.340 e. The van der Waals surface area contributed by atoms with Gasteiger partial charge in [-0.1, -0.05) is 30.7 Å². The molecule has 1 aliphatic heterocycles. The fraction of sp³-hybridized carbons (Fsp3) is 0.550. The van der Waals surface area contributed by atoms with Crippen molar-refractivity contribution in [2.75, 3.05) is 13.2 Å². The minimum absolute atomic E-state index is 0.133. The highest BCUT2D eigenvalue weighted by Gasteiger charge is 2.44. The van der Waals surface area contributed by atoms with Gasteiger partial charge >= 0.3 is 5.97 Å². The standard InChI is InChI=1S/C20H27N3O8/c1-2-3-8-29-19(28)13-6-4-5-7-14(13)23-9-12(21-22-23)11-30-20-18(27)17(26)16(25)15(10-24)31-20/h4-7,9,15-18,20,24-27H,2-3,8,10-11H2,1H3/t15-,16-,17+,18+,20+/m1/s1. The molecule has 31 heavy (non-hydrogen) atoms. The average molecular weight is 437 g/mol. The van der Waals surface area contributed by atoms with Crippen LogP contribution in [0.3, 0.4) is 0 Å². The Kier molecular flexibility index (Phi) is 8.07. The molecule has 2 heterocycles. The highest BCUT2D eigenvalue weighted by atomic mass is 16.7. The molecule has 1 aromatic carbocycles. The second-order valence-corrected chi connectivity index (χ2v) is 7.17. The summed E-state index contributed by atoms with van der Waals surface area (Å²) in [7, 11) is 0. The van der Waals surface area contributed by atoms with E-state index in [0.717, 1.165) is 12.8 Å². The van der Waals surface area contributed by atoms with E-state index in [4.69, 9.17) is 14.2 Å². The van der Waals surface area contributed by atoms with Gasteiger partial charge in [0.05, 0.1) is 37.3 Å². The molecule has 0 unspecified atom stereocenters. The number of carbonyl (C=O) groups excluding carboxylic acids is 1. The number of unbranched alkanes of at least 4 members (excludes halogenated alkanes) is 1. The van der Waals surface area contributed by atoms with E-state index in [2.05, 4.69) is 10.3 Å². The number of aliphatic hydroxyl groups excluding tert-OH is 4. The Balaban J connectivity index is 1.67. The van der Waals surface area contributed by atoms with Gasteiger partial charge in [0.1, 0.15) is 30.1 Å². The summed E-state index contributed by atoms with van der Waals surface area (Å²) in [4.78, 5) is 12.4. The number of ether oxygens (including phenoxy) is 3. The first-order valence-corrected chi connectivity index (χ1v) is 10.1. The molecule has 1 saturated heterocycles. The lowest BCUT2D eigenvalue weighted by molar-refractivity contribution is -0.304. The van der Waals surface area contributed by atoms with Crippen LogP contribution in [-0.4, -0.2) is 85.3 Å². The number of hydrogen-bond acceptors (Lipinski definition) is 10. The van der Waals surface area contributed by atoms with E-state index in [1.54, 1.807) is 30.5 Å². The summed E-state index contributed by atoms with van der Waals surface area (Å²) >= 11 is 0. The lowest BCUT2D eigenvalue weighted by Gasteiger charge is -2.39. The molecule has 1 aromatic heterocycles. The third-order valence-electron chi connectivity index (χ3n) is 4.89. The number of hydrogen-bond donors (Lipinski definition) is 4. The summed E-state index contributed by atoms with van der Waals surface area (Å²) in [5.41, 5.74) is 1.19. The van der Waals surface area contributed by atoms with Gasteiger partial charge in [0.15, 0.2) is 6.29 Å². The number of esters is 1. The monoisotopic (exact) mass is 437 g/mol. The summed E-state index contributed by atoms with van der Waals surface area (Å²) in [5, 5.41) is 46.9. The van der Waals surface area contributed by atoms with Gasteiger partial charge in [-0.2, -0.15) is 0 Å².